The molecule has 1 unspecified atom stereocenters. The molecular weight excluding hydrogens is 286 g/mol. The van der Waals surface area contributed by atoms with Gasteiger partial charge in [0.15, 0.2) is 0 Å². The second-order valence-corrected chi connectivity index (χ2v) is 6.20. The average molecular weight is 307 g/mol. The van der Waals surface area contributed by atoms with Crippen LogP contribution < -0.4 is 10.6 Å². The minimum absolute atomic E-state index is 0.232. The predicted octanol–water partition coefficient (Wildman–Crippen LogP) is 2.41. The summed E-state index contributed by atoms with van der Waals surface area (Å²) in [7, 11) is 0. The van der Waals surface area contributed by atoms with Gasteiger partial charge >= 0.3 is 0 Å². The van der Waals surface area contributed by atoms with E-state index in [-0.39, 0.29) is 6.04 Å². The van der Waals surface area contributed by atoms with Crippen molar-refractivity contribution in [3.63, 3.8) is 0 Å². The van der Waals surface area contributed by atoms with E-state index in [2.05, 4.69) is 38.7 Å². The number of piperidine rings is 1. The number of benzene rings is 1. The molecule has 0 bridgehead atoms. The molecule has 1 saturated heterocycles. The second kappa shape index (κ2) is 6.01. The highest BCUT2D eigenvalue weighted by Gasteiger charge is 2.22. The van der Waals surface area contributed by atoms with E-state index in [0.29, 0.717) is 0 Å². The summed E-state index contributed by atoms with van der Waals surface area (Å²) >= 11 is 0. The van der Waals surface area contributed by atoms with E-state index in [9.17, 15) is 0 Å². The first-order valence-corrected chi connectivity index (χ1v) is 8.16. The van der Waals surface area contributed by atoms with E-state index in [4.69, 9.17) is 10.7 Å². The highest BCUT2D eigenvalue weighted by molar-refractivity contribution is 5.79. The summed E-state index contributed by atoms with van der Waals surface area (Å²) in [6.07, 6.45) is 5.94. The molecule has 1 fully saturated rings. The second-order valence-electron chi connectivity index (χ2n) is 6.20. The molecule has 4 rings (SSSR count). The summed E-state index contributed by atoms with van der Waals surface area (Å²) in [5, 5.41) is 0. The Labute approximate surface area is 135 Å². The van der Waals surface area contributed by atoms with Crippen LogP contribution >= 0.6 is 0 Å². The van der Waals surface area contributed by atoms with Gasteiger partial charge in [-0.1, -0.05) is 18.2 Å². The first-order chi connectivity index (χ1) is 11.3. The standard InChI is InChI=1S/C18H21N5/c19-15-6-4-10-22(13-15)18-21-16-7-1-2-8-17(16)23(18)12-14-5-3-9-20-11-14/h1-3,5,7-9,11,15H,4,6,10,12-13,19H2. The molecular formula is C18H21N5. The zero-order valence-corrected chi connectivity index (χ0v) is 13.1. The quantitative estimate of drug-likeness (QED) is 0.807. The average Bonchev–Trinajstić information content (AvgIpc) is 2.95. The van der Waals surface area contributed by atoms with Crippen molar-refractivity contribution in [3.8, 4) is 0 Å². The van der Waals surface area contributed by atoms with Gasteiger partial charge in [-0.2, -0.15) is 0 Å². The Kier molecular flexibility index (Phi) is 3.71. The van der Waals surface area contributed by atoms with Crippen LogP contribution in [0.3, 0.4) is 0 Å². The fourth-order valence-electron chi connectivity index (χ4n) is 3.33. The van der Waals surface area contributed by atoms with Gasteiger partial charge in [-0.25, -0.2) is 4.98 Å². The van der Waals surface area contributed by atoms with E-state index in [1.165, 1.54) is 5.56 Å². The summed E-state index contributed by atoms with van der Waals surface area (Å²) in [6.45, 7) is 2.66. The minimum atomic E-state index is 0.232. The van der Waals surface area contributed by atoms with Crippen LogP contribution in [0.25, 0.3) is 11.0 Å². The smallest absolute Gasteiger partial charge is 0.206 e. The van der Waals surface area contributed by atoms with Crippen LogP contribution in [0.1, 0.15) is 18.4 Å². The lowest BCUT2D eigenvalue weighted by molar-refractivity contribution is 0.495. The lowest BCUT2D eigenvalue weighted by Gasteiger charge is -2.32. The van der Waals surface area contributed by atoms with Crippen molar-refractivity contribution in [2.45, 2.75) is 25.4 Å². The number of para-hydroxylation sites is 2. The van der Waals surface area contributed by atoms with Crippen LogP contribution in [0.5, 0.6) is 0 Å². The number of pyridine rings is 1. The van der Waals surface area contributed by atoms with Gasteiger partial charge in [-0.15, -0.1) is 0 Å². The third-order valence-electron chi connectivity index (χ3n) is 4.44. The zero-order chi connectivity index (χ0) is 15.6. The van der Waals surface area contributed by atoms with Crippen molar-refractivity contribution < 1.29 is 0 Å². The molecule has 5 nitrogen and oxygen atoms in total. The number of hydrogen-bond donors (Lipinski definition) is 1. The van der Waals surface area contributed by atoms with Crippen molar-refractivity contribution in [3.05, 3.63) is 54.4 Å². The highest BCUT2D eigenvalue weighted by atomic mass is 15.3. The molecule has 2 aromatic heterocycles. The lowest BCUT2D eigenvalue weighted by Crippen LogP contribution is -2.44. The maximum Gasteiger partial charge on any atom is 0.206 e. The van der Waals surface area contributed by atoms with Crippen LogP contribution in [-0.2, 0) is 6.54 Å². The molecule has 1 aliphatic heterocycles. The molecule has 3 aromatic rings. The van der Waals surface area contributed by atoms with Crippen molar-refractivity contribution in [2.75, 3.05) is 18.0 Å². The molecule has 1 aromatic carbocycles. The summed E-state index contributed by atoms with van der Waals surface area (Å²) in [5.41, 5.74) is 9.54. The van der Waals surface area contributed by atoms with Crippen LogP contribution in [0.15, 0.2) is 48.8 Å². The first kappa shape index (κ1) is 14.2. The van der Waals surface area contributed by atoms with Crippen molar-refractivity contribution in [1.29, 1.82) is 0 Å². The molecule has 0 saturated carbocycles. The van der Waals surface area contributed by atoms with Gasteiger partial charge in [-0.05, 0) is 36.6 Å². The van der Waals surface area contributed by atoms with Gasteiger partial charge in [0.25, 0.3) is 0 Å². The van der Waals surface area contributed by atoms with Gasteiger partial charge in [0.2, 0.25) is 5.95 Å². The molecule has 1 aliphatic rings. The monoisotopic (exact) mass is 307 g/mol. The number of nitrogens with zero attached hydrogens (tertiary/aromatic N) is 4. The fraction of sp³-hybridized carbons (Fsp3) is 0.333. The number of hydrogen-bond acceptors (Lipinski definition) is 4. The molecule has 2 N–H and O–H groups in total. The van der Waals surface area contributed by atoms with E-state index in [1.54, 1.807) is 6.20 Å². The van der Waals surface area contributed by atoms with E-state index in [0.717, 1.165) is 49.5 Å². The first-order valence-electron chi connectivity index (χ1n) is 8.16. The van der Waals surface area contributed by atoms with E-state index < -0.39 is 0 Å². The topological polar surface area (TPSA) is 60.0 Å². The van der Waals surface area contributed by atoms with Crippen LogP contribution in [0, 0.1) is 0 Å². The summed E-state index contributed by atoms with van der Waals surface area (Å²) in [4.78, 5) is 11.4. The summed E-state index contributed by atoms with van der Waals surface area (Å²) in [5.74, 6) is 1.02. The van der Waals surface area contributed by atoms with Crippen molar-refractivity contribution in [1.82, 2.24) is 14.5 Å². The third kappa shape index (κ3) is 2.80. The third-order valence-corrected chi connectivity index (χ3v) is 4.44. The number of imidazole rings is 1. The summed E-state index contributed by atoms with van der Waals surface area (Å²) < 4.78 is 2.28. The Morgan fingerprint density at radius 3 is 2.91 bits per heavy atom. The molecule has 3 heterocycles. The Bertz CT molecular complexity index is 796. The van der Waals surface area contributed by atoms with Gasteiger partial charge < -0.3 is 15.2 Å². The van der Waals surface area contributed by atoms with E-state index >= 15 is 0 Å². The Balaban J connectivity index is 1.78. The molecule has 0 spiro atoms. The van der Waals surface area contributed by atoms with Crippen LogP contribution in [0.2, 0.25) is 0 Å². The predicted molar refractivity (Wildman–Crippen MR) is 92.5 cm³/mol. The number of anilines is 1. The number of rotatable bonds is 3. The molecule has 118 valence electrons. The highest BCUT2D eigenvalue weighted by Crippen LogP contribution is 2.26. The van der Waals surface area contributed by atoms with Gasteiger partial charge in [0, 0.05) is 31.5 Å². The number of nitrogens with two attached hydrogens (primary N) is 1. The zero-order valence-electron chi connectivity index (χ0n) is 13.1. The Morgan fingerprint density at radius 2 is 2.09 bits per heavy atom. The molecule has 1 atom stereocenters. The Morgan fingerprint density at radius 1 is 1.17 bits per heavy atom. The number of fused-ring (bicyclic) bond motifs is 1. The van der Waals surface area contributed by atoms with Crippen LogP contribution in [0.4, 0.5) is 5.95 Å². The minimum Gasteiger partial charge on any atom is -0.341 e. The van der Waals surface area contributed by atoms with Gasteiger partial charge in [0.05, 0.1) is 17.6 Å². The maximum absolute atomic E-state index is 6.17. The Hall–Kier alpha value is -2.40. The number of aromatic nitrogens is 3. The van der Waals surface area contributed by atoms with E-state index in [1.807, 2.05) is 18.3 Å². The van der Waals surface area contributed by atoms with Crippen LogP contribution in [-0.4, -0.2) is 33.7 Å². The molecule has 23 heavy (non-hydrogen) atoms. The normalized spacial score (nSPS) is 18.5. The van der Waals surface area contributed by atoms with Gasteiger partial charge in [0.1, 0.15) is 0 Å². The van der Waals surface area contributed by atoms with Crippen molar-refractivity contribution in [2.24, 2.45) is 5.73 Å². The SMILES string of the molecule is NC1CCCN(c2nc3ccccc3n2Cc2cccnc2)C1. The molecule has 0 amide bonds. The fourth-order valence-corrected chi connectivity index (χ4v) is 3.33. The molecule has 5 heteroatoms. The largest absolute Gasteiger partial charge is 0.341 e. The maximum atomic E-state index is 6.17. The summed E-state index contributed by atoms with van der Waals surface area (Å²) in [6, 6.07) is 12.6. The molecule has 0 aliphatic carbocycles. The van der Waals surface area contributed by atoms with Gasteiger partial charge in [-0.3, -0.25) is 4.98 Å². The molecule has 0 radical (unpaired) electrons. The van der Waals surface area contributed by atoms with Crippen molar-refractivity contribution >= 4 is 17.0 Å². The lowest BCUT2D eigenvalue weighted by atomic mass is 10.1.